The van der Waals surface area contributed by atoms with Crippen molar-refractivity contribution in [3.05, 3.63) is 77.4 Å². The number of hydrogen-bond donors (Lipinski definition) is 1. The lowest BCUT2D eigenvalue weighted by atomic mass is 9.90. The Balaban J connectivity index is 2.21. The number of ether oxygens (including phenoxy) is 1. The van der Waals surface area contributed by atoms with E-state index in [0.717, 1.165) is 5.56 Å². The van der Waals surface area contributed by atoms with Crippen molar-refractivity contribution >= 4 is 23.9 Å². The number of rotatable bonds is 7. The number of carbonyl (C=O) groups is 3. The molecule has 3 rings (SSSR count). The summed E-state index contributed by atoms with van der Waals surface area (Å²) >= 11 is 0. The number of amides is 1. The van der Waals surface area contributed by atoms with Gasteiger partial charge in [0.1, 0.15) is 11.9 Å². The second-order valence-corrected chi connectivity index (χ2v) is 6.42. The molecule has 1 amide bonds. The molecule has 0 aliphatic carbocycles. The third-order valence-electron chi connectivity index (χ3n) is 4.61. The third-order valence-corrected chi connectivity index (χ3v) is 4.61. The van der Waals surface area contributed by atoms with Crippen LogP contribution in [0, 0.1) is 0 Å². The minimum Gasteiger partial charge on any atom is -0.462 e. The molecule has 0 aromatic heterocycles. The van der Waals surface area contributed by atoms with Gasteiger partial charge in [0, 0.05) is 6.42 Å². The topological polar surface area (TPSA) is 83.9 Å². The van der Waals surface area contributed by atoms with Crippen molar-refractivity contribution in [2.75, 3.05) is 6.61 Å². The number of hydrogen-bond acceptors (Lipinski definition) is 5. The van der Waals surface area contributed by atoms with Crippen LogP contribution >= 0.6 is 0 Å². The summed E-state index contributed by atoms with van der Waals surface area (Å²) < 4.78 is 5.11. The van der Waals surface area contributed by atoms with Gasteiger partial charge >= 0.3 is 5.97 Å². The van der Waals surface area contributed by atoms with E-state index < -0.39 is 23.9 Å². The van der Waals surface area contributed by atoms with Crippen LogP contribution in [0.2, 0.25) is 0 Å². The van der Waals surface area contributed by atoms with Crippen LogP contribution in [0.15, 0.2) is 66.2 Å². The average Bonchev–Trinajstić information content (AvgIpc) is 2.92. The van der Waals surface area contributed by atoms with E-state index in [1.807, 2.05) is 36.4 Å². The van der Waals surface area contributed by atoms with E-state index in [0.29, 0.717) is 11.8 Å². The molecule has 6 heteroatoms. The van der Waals surface area contributed by atoms with Crippen molar-refractivity contribution in [3.8, 4) is 0 Å². The average molecular weight is 379 g/mol. The van der Waals surface area contributed by atoms with Crippen molar-refractivity contribution in [1.29, 1.82) is 0 Å². The first-order chi connectivity index (χ1) is 13.5. The first-order valence-electron chi connectivity index (χ1n) is 9.02. The van der Waals surface area contributed by atoms with Gasteiger partial charge in [0.2, 0.25) is 0 Å². The van der Waals surface area contributed by atoms with Gasteiger partial charge in [-0.3, -0.25) is 4.79 Å². The predicted molar refractivity (Wildman–Crippen MR) is 103 cm³/mol. The van der Waals surface area contributed by atoms with Crippen LogP contribution in [0.1, 0.15) is 24.5 Å². The zero-order valence-electron chi connectivity index (χ0n) is 15.5. The Morgan fingerprint density at radius 3 is 2.29 bits per heavy atom. The molecule has 0 radical (unpaired) electrons. The smallest absolute Gasteiger partial charge is 0.339 e. The fourth-order valence-corrected chi connectivity index (χ4v) is 3.35. The molecule has 1 heterocycles. The number of esters is 1. The van der Waals surface area contributed by atoms with E-state index in [1.54, 1.807) is 31.2 Å². The highest BCUT2D eigenvalue weighted by Crippen LogP contribution is 2.42. The summed E-state index contributed by atoms with van der Waals surface area (Å²) in [5.74, 6) is -1.53. The fraction of sp³-hybridized carbons (Fsp3) is 0.227. The monoisotopic (exact) mass is 379 g/mol. The molecule has 0 saturated heterocycles. The summed E-state index contributed by atoms with van der Waals surface area (Å²) in [6.07, 6.45) is -0.0899. The van der Waals surface area contributed by atoms with Gasteiger partial charge in [-0.05, 0) is 18.1 Å². The third kappa shape index (κ3) is 3.46. The second kappa shape index (κ2) is 8.19. The highest BCUT2D eigenvalue weighted by atomic mass is 16.5. The Bertz CT molecular complexity index is 907. The molecule has 6 nitrogen and oxygen atoms in total. The van der Waals surface area contributed by atoms with E-state index in [4.69, 9.17) is 4.74 Å². The van der Waals surface area contributed by atoms with Gasteiger partial charge in [0.15, 0.2) is 5.60 Å². The van der Waals surface area contributed by atoms with Crippen molar-refractivity contribution < 1.29 is 24.2 Å². The van der Waals surface area contributed by atoms with E-state index >= 15 is 0 Å². The molecule has 0 fully saturated rings. The molecule has 28 heavy (non-hydrogen) atoms. The molecule has 1 atom stereocenters. The Morgan fingerprint density at radius 2 is 1.71 bits per heavy atom. The lowest BCUT2D eigenvalue weighted by Crippen LogP contribution is -2.44. The SMILES string of the molecule is CCOC(=O)C1=C(c2ccccc2)N(Cc2ccccc2)C(=O)C1(O)CC=O. The highest BCUT2D eigenvalue weighted by molar-refractivity contribution is 6.15. The summed E-state index contributed by atoms with van der Waals surface area (Å²) in [5.41, 5.74) is -0.793. The quantitative estimate of drug-likeness (QED) is 0.590. The van der Waals surface area contributed by atoms with Gasteiger partial charge in [-0.2, -0.15) is 0 Å². The molecule has 1 aliphatic heterocycles. The first kappa shape index (κ1) is 19.5. The molecule has 1 unspecified atom stereocenters. The van der Waals surface area contributed by atoms with Crippen LogP contribution in [0.4, 0.5) is 0 Å². The van der Waals surface area contributed by atoms with E-state index in [2.05, 4.69) is 0 Å². The van der Waals surface area contributed by atoms with Crippen molar-refractivity contribution in [2.24, 2.45) is 0 Å². The number of benzene rings is 2. The molecule has 1 N–H and O–H groups in total. The predicted octanol–water partition coefficient (Wildman–Crippen LogP) is 2.32. The van der Waals surface area contributed by atoms with Crippen LogP contribution < -0.4 is 0 Å². The molecule has 2 aromatic carbocycles. The number of aliphatic hydroxyl groups is 1. The van der Waals surface area contributed by atoms with Crippen LogP contribution in [0.25, 0.3) is 5.70 Å². The largest absolute Gasteiger partial charge is 0.462 e. The maximum absolute atomic E-state index is 13.2. The first-order valence-corrected chi connectivity index (χ1v) is 9.02. The lowest BCUT2D eigenvalue weighted by molar-refractivity contribution is -0.149. The summed E-state index contributed by atoms with van der Waals surface area (Å²) in [4.78, 5) is 38.5. The van der Waals surface area contributed by atoms with Gasteiger partial charge in [0.25, 0.3) is 5.91 Å². The van der Waals surface area contributed by atoms with Gasteiger partial charge in [-0.15, -0.1) is 0 Å². The molecular weight excluding hydrogens is 358 g/mol. The summed E-state index contributed by atoms with van der Waals surface area (Å²) in [5, 5.41) is 11.1. The summed E-state index contributed by atoms with van der Waals surface area (Å²) in [7, 11) is 0. The zero-order valence-corrected chi connectivity index (χ0v) is 15.5. The second-order valence-electron chi connectivity index (χ2n) is 6.42. The molecule has 0 bridgehead atoms. The van der Waals surface area contributed by atoms with E-state index in [9.17, 15) is 19.5 Å². The van der Waals surface area contributed by atoms with Gasteiger partial charge in [-0.1, -0.05) is 60.7 Å². The van der Waals surface area contributed by atoms with E-state index in [1.165, 1.54) is 4.90 Å². The maximum atomic E-state index is 13.2. The Hall–Kier alpha value is -3.25. The van der Waals surface area contributed by atoms with Crippen LogP contribution in [-0.4, -0.2) is 40.4 Å². The fourth-order valence-electron chi connectivity index (χ4n) is 3.35. The Morgan fingerprint density at radius 1 is 1.11 bits per heavy atom. The van der Waals surface area contributed by atoms with Crippen molar-refractivity contribution in [1.82, 2.24) is 4.90 Å². The van der Waals surface area contributed by atoms with Crippen LogP contribution in [0.3, 0.4) is 0 Å². The van der Waals surface area contributed by atoms with Crippen molar-refractivity contribution in [3.63, 3.8) is 0 Å². The summed E-state index contributed by atoms with van der Waals surface area (Å²) in [6, 6.07) is 18.1. The minimum atomic E-state index is -2.26. The molecular formula is C22H21NO5. The van der Waals surface area contributed by atoms with Gasteiger partial charge < -0.3 is 19.5 Å². The number of carbonyl (C=O) groups excluding carboxylic acids is 3. The van der Waals surface area contributed by atoms with Gasteiger partial charge in [-0.25, -0.2) is 4.79 Å². The number of aldehydes is 1. The summed E-state index contributed by atoms with van der Waals surface area (Å²) in [6.45, 7) is 1.86. The molecule has 2 aromatic rings. The molecule has 0 spiro atoms. The highest BCUT2D eigenvalue weighted by Gasteiger charge is 2.55. The minimum absolute atomic E-state index is 0.0778. The normalized spacial score (nSPS) is 19.1. The van der Waals surface area contributed by atoms with Crippen molar-refractivity contribution in [2.45, 2.75) is 25.5 Å². The Kier molecular flexibility index (Phi) is 5.70. The van der Waals surface area contributed by atoms with Gasteiger partial charge in [0.05, 0.1) is 18.8 Å². The lowest BCUT2D eigenvalue weighted by Gasteiger charge is -2.23. The van der Waals surface area contributed by atoms with E-state index in [-0.39, 0.29) is 24.4 Å². The number of nitrogens with zero attached hydrogens (tertiary/aromatic N) is 1. The molecule has 1 aliphatic rings. The molecule has 144 valence electrons. The Labute approximate surface area is 163 Å². The maximum Gasteiger partial charge on any atom is 0.339 e. The standard InChI is InChI=1S/C22H21NO5/c1-2-28-20(25)18-19(17-11-7-4-8-12-17)23(15-16-9-5-3-6-10-16)21(26)22(18,27)13-14-24/h3-12,14,27H,2,13,15H2,1H3. The zero-order chi connectivity index (χ0) is 20.1. The van der Waals surface area contributed by atoms with Crippen LogP contribution in [-0.2, 0) is 25.7 Å². The molecule has 0 saturated carbocycles. The van der Waals surface area contributed by atoms with Crippen LogP contribution in [0.5, 0.6) is 0 Å².